The molecule has 0 aliphatic carbocycles. The second-order valence-electron chi connectivity index (χ2n) is 4.31. The molecule has 4 nitrogen and oxygen atoms in total. The van der Waals surface area contributed by atoms with E-state index in [-0.39, 0.29) is 17.6 Å². The fourth-order valence-corrected chi connectivity index (χ4v) is 2.33. The molecule has 2 unspecified atom stereocenters. The molecular formula is C12H13ClN2O2. The highest BCUT2D eigenvalue weighted by molar-refractivity contribution is 6.21. The van der Waals surface area contributed by atoms with Crippen LogP contribution in [0.3, 0.4) is 0 Å². The van der Waals surface area contributed by atoms with E-state index in [0.29, 0.717) is 13.1 Å². The lowest BCUT2D eigenvalue weighted by Crippen LogP contribution is -2.32. The summed E-state index contributed by atoms with van der Waals surface area (Å²) in [5.74, 6) is 0. The van der Waals surface area contributed by atoms with Gasteiger partial charge >= 0.3 is 6.03 Å². The highest BCUT2D eigenvalue weighted by Crippen LogP contribution is 2.38. The minimum atomic E-state index is -0.224. The van der Waals surface area contributed by atoms with Crippen molar-refractivity contribution < 1.29 is 9.63 Å². The van der Waals surface area contributed by atoms with E-state index in [0.717, 1.165) is 12.0 Å². The molecule has 0 aromatic heterocycles. The molecule has 5 heteroatoms. The minimum Gasteiger partial charge on any atom is -0.321 e. The number of benzene rings is 1. The summed E-state index contributed by atoms with van der Waals surface area (Å²) in [6, 6.07) is 9.63. The first kappa shape index (κ1) is 10.9. The smallest absolute Gasteiger partial charge is 0.321 e. The molecular weight excluding hydrogens is 240 g/mol. The Morgan fingerprint density at radius 2 is 2.12 bits per heavy atom. The van der Waals surface area contributed by atoms with Gasteiger partial charge in [0.25, 0.3) is 0 Å². The molecule has 2 aliphatic heterocycles. The highest BCUT2D eigenvalue weighted by Gasteiger charge is 2.45. The van der Waals surface area contributed by atoms with Crippen molar-refractivity contribution in [3.05, 3.63) is 35.9 Å². The molecule has 17 heavy (non-hydrogen) atoms. The van der Waals surface area contributed by atoms with E-state index >= 15 is 0 Å². The number of hydrogen-bond acceptors (Lipinski definition) is 2. The maximum atomic E-state index is 12.0. The van der Waals surface area contributed by atoms with Crippen LogP contribution in [0.2, 0.25) is 0 Å². The van der Waals surface area contributed by atoms with Gasteiger partial charge in [0.15, 0.2) is 0 Å². The zero-order valence-corrected chi connectivity index (χ0v) is 10.0. The van der Waals surface area contributed by atoms with Gasteiger partial charge in [-0.15, -0.1) is 11.6 Å². The second-order valence-corrected chi connectivity index (χ2v) is 4.93. The van der Waals surface area contributed by atoms with Gasteiger partial charge in [-0.25, -0.2) is 9.63 Å². The number of amides is 2. The quantitative estimate of drug-likeness (QED) is 0.568. The van der Waals surface area contributed by atoms with Gasteiger partial charge in [0.2, 0.25) is 6.23 Å². The minimum absolute atomic E-state index is 0.0778. The standard InChI is InChI=1S/C12H13ClN2O2/c13-10-6-7-14(8-10)12(16)15-11(17-15)9-4-2-1-3-5-9/h1-5,10-11H,6-8H2. The lowest BCUT2D eigenvalue weighted by molar-refractivity contribution is 0.146. The molecule has 0 bridgehead atoms. The summed E-state index contributed by atoms with van der Waals surface area (Å²) in [5.41, 5.74) is 1.00. The number of hydroxylamine groups is 2. The average Bonchev–Trinajstić information content (AvgIpc) is 3.05. The fraction of sp³-hybridized carbons (Fsp3) is 0.417. The van der Waals surface area contributed by atoms with E-state index < -0.39 is 0 Å². The predicted octanol–water partition coefficient (Wildman–Crippen LogP) is 2.37. The molecule has 0 N–H and O–H groups in total. The van der Waals surface area contributed by atoms with Gasteiger partial charge in [-0.05, 0) is 6.42 Å². The van der Waals surface area contributed by atoms with Gasteiger partial charge in [0, 0.05) is 18.7 Å². The van der Waals surface area contributed by atoms with Crippen LogP contribution >= 0.6 is 11.6 Å². The monoisotopic (exact) mass is 252 g/mol. The third-order valence-corrected chi connectivity index (χ3v) is 3.41. The number of nitrogens with zero attached hydrogens (tertiary/aromatic N) is 2. The van der Waals surface area contributed by atoms with Crippen molar-refractivity contribution in [3.63, 3.8) is 0 Å². The van der Waals surface area contributed by atoms with Crippen molar-refractivity contribution in [2.75, 3.05) is 13.1 Å². The van der Waals surface area contributed by atoms with Gasteiger partial charge < -0.3 is 4.90 Å². The Hall–Kier alpha value is -1.26. The Morgan fingerprint density at radius 3 is 2.76 bits per heavy atom. The summed E-state index contributed by atoms with van der Waals surface area (Å²) >= 11 is 5.98. The van der Waals surface area contributed by atoms with Crippen LogP contribution in [0.1, 0.15) is 18.2 Å². The van der Waals surface area contributed by atoms with E-state index in [2.05, 4.69) is 0 Å². The molecule has 0 spiro atoms. The first-order valence-electron chi connectivity index (χ1n) is 5.69. The maximum Gasteiger partial charge on any atom is 0.346 e. The molecule has 2 aliphatic rings. The molecule has 2 amide bonds. The van der Waals surface area contributed by atoms with Gasteiger partial charge in [0.1, 0.15) is 0 Å². The first-order chi connectivity index (χ1) is 8.25. The zero-order valence-electron chi connectivity index (χ0n) is 9.25. The molecule has 0 saturated carbocycles. The molecule has 90 valence electrons. The highest BCUT2D eigenvalue weighted by atomic mass is 35.5. The van der Waals surface area contributed by atoms with Crippen molar-refractivity contribution in [1.82, 2.24) is 9.96 Å². The normalized spacial score (nSPS) is 27.4. The topological polar surface area (TPSA) is 35.9 Å². The summed E-state index contributed by atoms with van der Waals surface area (Å²) < 4.78 is 0. The lowest BCUT2D eigenvalue weighted by atomic mass is 10.2. The number of likely N-dealkylation sites (tertiary alicyclic amines) is 1. The van der Waals surface area contributed by atoms with Crippen molar-refractivity contribution in [2.45, 2.75) is 18.0 Å². The zero-order chi connectivity index (χ0) is 11.8. The van der Waals surface area contributed by atoms with Gasteiger partial charge in [-0.3, -0.25) is 0 Å². The molecule has 2 heterocycles. The van der Waals surface area contributed by atoms with Gasteiger partial charge in [-0.1, -0.05) is 30.3 Å². The van der Waals surface area contributed by atoms with Crippen LogP contribution in [0.5, 0.6) is 0 Å². The summed E-state index contributed by atoms with van der Waals surface area (Å²) in [5, 5.41) is 1.48. The summed E-state index contributed by atoms with van der Waals surface area (Å²) in [6.45, 7) is 1.33. The summed E-state index contributed by atoms with van der Waals surface area (Å²) in [6.07, 6.45) is 0.634. The second kappa shape index (κ2) is 4.20. The Labute approximate surface area is 105 Å². The molecule has 3 rings (SSSR count). The lowest BCUT2D eigenvalue weighted by Gasteiger charge is -2.13. The van der Waals surface area contributed by atoms with Crippen LogP contribution in [0.4, 0.5) is 4.79 Å². The predicted molar refractivity (Wildman–Crippen MR) is 63.3 cm³/mol. The Bertz CT molecular complexity index is 426. The van der Waals surface area contributed by atoms with E-state index in [1.807, 2.05) is 30.3 Å². The molecule has 0 radical (unpaired) electrons. The Kier molecular flexibility index (Phi) is 2.68. The van der Waals surface area contributed by atoms with Crippen molar-refractivity contribution in [1.29, 1.82) is 0 Å². The fourth-order valence-electron chi connectivity index (χ4n) is 2.07. The summed E-state index contributed by atoms with van der Waals surface area (Å²) in [4.78, 5) is 19.1. The summed E-state index contributed by atoms with van der Waals surface area (Å²) in [7, 11) is 0. The molecule has 2 atom stereocenters. The van der Waals surface area contributed by atoms with Crippen LogP contribution in [0.25, 0.3) is 0 Å². The van der Waals surface area contributed by atoms with Gasteiger partial charge in [-0.2, -0.15) is 5.06 Å². The molecule has 2 fully saturated rings. The number of halogens is 1. The van der Waals surface area contributed by atoms with Gasteiger partial charge in [0.05, 0.1) is 5.38 Å². The molecule has 2 saturated heterocycles. The average molecular weight is 253 g/mol. The van der Waals surface area contributed by atoms with E-state index in [9.17, 15) is 4.79 Å². The van der Waals surface area contributed by atoms with Crippen LogP contribution < -0.4 is 0 Å². The van der Waals surface area contributed by atoms with Crippen LogP contribution in [0.15, 0.2) is 30.3 Å². The maximum absolute atomic E-state index is 12.0. The Balaban J connectivity index is 1.63. The third kappa shape index (κ3) is 2.10. The number of alkyl halides is 1. The first-order valence-corrected chi connectivity index (χ1v) is 6.13. The van der Waals surface area contributed by atoms with E-state index in [1.54, 1.807) is 4.90 Å². The van der Waals surface area contributed by atoms with E-state index in [1.165, 1.54) is 5.06 Å². The molecule has 1 aromatic carbocycles. The number of carbonyl (C=O) groups is 1. The largest absolute Gasteiger partial charge is 0.346 e. The number of carbonyl (C=O) groups excluding carboxylic acids is 1. The van der Waals surface area contributed by atoms with Crippen LogP contribution in [-0.2, 0) is 4.84 Å². The van der Waals surface area contributed by atoms with Crippen molar-refractivity contribution in [3.8, 4) is 0 Å². The van der Waals surface area contributed by atoms with Crippen LogP contribution in [0, 0.1) is 0 Å². The third-order valence-electron chi connectivity index (χ3n) is 3.06. The molecule has 1 aromatic rings. The van der Waals surface area contributed by atoms with E-state index in [4.69, 9.17) is 16.4 Å². The SMILES string of the molecule is O=C(N1CCC(Cl)C1)N1OC1c1ccccc1. The number of hydrogen-bond donors (Lipinski definition) is 0. The van der Waals surface area contributed by atoms with Crippen LogP contribution in [-0.4, -0.2) is 34.5 Å². The number of urea groups is 1. The number of rotatable bonds is 1. The van der Waals surface area contributed by atoms with Crippen molar-refractivity contribution >= 4 is 17.6 Å². The Morgan fingerprint density at radius 1 is 1.35 bits per heavy atom. The van der Waals surface area contributed by atoms with Crippen molar-refractivity contribution in [2.24, 2.45) is 0 Å².